The Morgan fingerprint density at radius 1 is 1.08 bits per heavy atom. The first-order valence-corrected chi connectivity index (χ1v) is 9.58. The molecule has 2 aromatic carbocycles. The van der Waals surface area contributed by atoms with Gasteiger partial charge in [0.05, 0.1) is 26.8 Å². The van der Waals surface area contributed by atoms with Crippen molar-refractivity contribution in [2.75, 3.05) is 7.05 Å². The standard InChI is InChI=1S/C17H15Cl2N3O2S/c1-21(25(23,24)15-7-8-16(18)17(19)9-15)11-13-10-20-22(12-13)14-5-3-2-4-6-14/h2-10,12H,11H2,1H3. The molecular weight excluding hydrogens is 381 g/mol. The minimum Gasteiger partial charge on any atom is -0.241 e. The van der Waals surface area contributed by atoms with Crippen LogP contribution in [0.25, 0.3) is 5.69 Å². The topological polar surface area (TPSA) is 55.2 Å². The van der Waals surface area contributed by atoms with Gasteiger partial charge < -0.3 is 0 Å². The highest BCUT2D eigenvalue weighted by Gasteiger charge is 2.22. The third kappa shape index (κ3) is 3.88. The van der Waals surface area contributed by atoms with Crippen LogP contribution in [0.4, 0.5) is 0 Å². The summed E-state index contributed by atoms with van der Waals surface area (Å²) in [4.78, 5) is 0.0971. The maximum Gasteiger partial charge on any atom is 0.243 e. The molecule has 0 bridgehead atoms. The Labute approximate surface area is 156 Å². The lowest BCUT2D eigenvalue weighted by atomic mass is 10.3. The summed E-state index contributed by atoms with van der Waals surface area (Å²) in [6.45, 7) is 0.190. The molecule has 0 radical (unpaired) electrons. The lowest BCUT2D eigenvalue weighted by molar-refractivity contribution is 0.466. The average Bonchev–Trinajstić information content (AvgIpc) is 3.06. The molecule has 8 heteroatoms. The van der Waals surface area contributed by atoms with Crippen LogP contribution in [-0.2, 0) is 16.6 Å². The minimum absolute atomic E-state index is 0.0971. The van der Waals surface area contributed by atoms with Gasteiger partial charge in [0.2, 0.25) is 10.0 Å². The summed E-state index contributed by atoms with van der Waals surface area (Å²) in [6.07, 6.45) is 3.45. The summed E-state index contributed by atoms with van der Waals surface area (Å²) in [5, 5.41) is 4.79. The van der Waals surface area contributed by atoms with Crippen LogP contribution in [-0.4, -0.2) is 29.6 Å². The molecule has 1 heterocycles. The van der Waals surface area contributed by atoms with E-state index in [0.717, 1.165) is 11.3 Å². The van der Waals surface area contributed by atoms with Crippen molar-refractivity contribution in [2.24, 2.45) is 0 Å². The smallest absolute Gasteiger partial charge is 0.241 e. The van der Waals surface area contributed by atoms with Crippen molar-refractivity contribution in [3.8, 4) is 5.69 Å². The van der Waals surface area contributed by atoms with E-state index in [1.54, 1.807) is 17.1 Å². The monoisotopic (exact) mass is 395 g/mol. The predicted octanol–water partition coefficient (Wildman–Crippen LogP) is 4.00. The zero-order chi connectivity index (χ0) is 18.0. The van der Waals surface area contributed by atoms with E-state index in [9.17, 15) is 8.42 Å². The fourth-order valence-corrected chi connectivity index (χ4v) is 3.87. The second-order valence-corrected chi connectivity index (χ2v) is 8.32. The Morgan fingerprint density at radius 3 is 2.48 bits per heavy atom. The van der Waals surface area contributed by atoms with Crippen molar-refractivity contribution in [3.05, 3.63) is 76.5 Å². The van der Waals surface area contributed by atoms with Crippen LogP contribution in [0, 0.1) is 0 Å². The first kappa shape index (κ1) is 17.9. The summed E-state index contributed by atoms with van der Waals surface area (Å²) in [5.41, 5.74) is 1.68. The molecule has 0 fully saturated rings. The molecule has 130 valence electrons. The van der Waals surface area contributed by atoms with Crippen molar-refractivity contribution in [1.82, 2.24) is 14.1 Å². The van der Waals surface area contributed by atoms with Crippen LogP contribution in [0.1, 0.15) is 5.56 Å². The van der Waals surface area contributed by atoms with E-state index in [1.807, 2.05) is 30.3 Å². The molecule has 0 saturated carbocycles. The molecule has 0 aliphatic heterocycles. The van der Waals surface area contributed by atoms with E-state index >= 15 is 0 Å². The summed E-state index contributed by atoms with van der Waals surface area (Å²) >= 11 is 11.8. The fraction of sp³-hybridized carbons (Fsp3) is 0.118. The van der Waals surface area contributed by atoms with E-state index in [1.165, 1.54) is 29.6 Å². The number of para-hydroxylation sites is 1. The molecule has 25 heavy (non-hydrogen) atoms. The molecule has 0 atom stereocenters. The highest BCUT2D eigenvalue weighted by molar-refractivity contribution is 7.89. The average molecular weight is 396 g/mol. The number of rotatable bonds is 5. The third-order valence-electron chi connectivity index (χ3n) is 3.66. The molecule has 0 unspecified atom stereocenters. The lowest BCUT2D eigenvalue weighted by Gasteiger charge is -2.16. The normalized spacial score (nSPS) is 11.8. The van der Waals surface area contributed by atoms with Crippen LogP contribution >= 0.6 is 23.2 Å². The van der Waals surface area contributed by atoms with E-state index in [4.69, 9.17) is 23.2 Å². The number of halogens is 2. The van der Waals surface area contributed by atoms with Gasteiger partial charge in [-0.05, 0) is 30.3 Å². The van der Waals surface area contributed by atoms with Crippen molar-refractivity contribution < 1.29 is 8.42 Å². The molecule has 0 spiro atoms. The van der Waals surface area contributed by atoms with Crippen LogP contribution in [0.15, 0.2) is 65.8 Å². The zero-order valence-corrected chi connectivity index (χ0v) is 15.6. The Hall–Kier alpha value is -1.86. The van der Waals surface area contributed by atoms with Crippen LogP contribution in [0.3, 0.4) is 0 Å². The van der Waals surface area contributed by atoms with Gasteiger partial charge in [0.15, 0.2) is 0 Å². The fourth-order valence-electron chi connectivity index (χ4n) is 2.32. The van der Waals surface area contributed by atoms with Gasteiger partial charge in [-0.3, -0.25) is 0 Å². The highest BCUT2D eigenvalue weighted by atomic mass is 35.5. The number of benzene rings is 2. The molecule has 3 aromatic rings. The van der Waals surface area contributed by atoms with Crippen molar-refractivity contribution in [3.63, 3.8) is 0 Å². The molecule has 0 aliphatic carbocycles. The number of nitrogens with zero attached hydrogens (tertiary/aromatic N) is 3. The van der Waals surface area contributed by atoms with Gasteiger partial charge in [-0.1, -0.05) is 41.4 Å². The molecule has 1 aromatic heterocycles. The van der Waals surface area contributed by atoms with Crippen LogP contribution in [0.2, 0.25) is 10.0 Å². The van der Waals surface area contributed by atoms with E-state index in [2.05, 4.69) is 5.10 Å². The van der Waals surface area contributed by atoms with Gasteiger partial charge in [0.1, 0.15) is 0 Å². The summed E-state index contributed by atoms with van der Waals surface area (Å²) in [7, 11) is -2.17. The molecule has 5 nitrogen and oxygen atoms in total. The Balaban J connectivity index is 1.81. The number of hydrogen-bond acceptors (Lipinski definition) is 3. The van der Waals surface area contributed by atoms with Crippen molar-refractivity contribution in [2.45, 2.75) is 11.4 Å². The third-order valence-corrected chi connectivity index (χ3v) is 6.20. The molecular formula is C17H15Cl2N3O2S. The second kappa shape index (κ2) is 7.17. The van der Waals surface area contributed by atoms with E-state index in [-0.39, 0.29) is 16.5 Å². The summed E-state index contributed by atoms with van der Waals surface area (Å²) in [6, 6.07) is 13.9. The van der Waals surface area contributed by atoms with Crippen LogP contribution in [0.5, 0.6) is 0 Å². The quantitative estimate of drug-likeness (QED) is 0.655. The van der Waals surface area contributed by atoms with Gasteiger partial charge in [0, 0.05) is 25.4 Å². The van der Waals surface area contributed by atoms with Gasteiger partial charge >= 0.3 is 0 Å². The van der Waals surface area contributed by atoms with Gasteiger partial charge in [-0.15, -0.1) is 0 Å². The number of hydrogen-bond donors (Lipinski definition) is 0. The number of aromatic nitrogens is 2. The predicted molar refractivity (Wildman–Crippen MR) is 98.7 cm³/mol. The largest absolute Gasteiger partial charge is 0.243 e. The zero-order valence-electron chi connectivity index (χ0n) is 13.3. The van der Waals surface area contributed by atoms with Crippen LogP contribution < -0.4 is 0 Å². The highest BCUT2D eigenvalue weighted by Crippen LogP contribution is 2.26. The van der Waals surface area contributed by atoms with Crippen molar-refractivity contribution >= 4 is 33.2 Å². The first-order chi connectivity index (χ1) is 11.9. The summed E-state index contributed by atoms with van der Waals surface area (Å²) in [5.74, 6) is 0. The van der Waals surface area contributed by atoms with Gasteiger partial charge in [-0.25, -0.2) is 13.1 Å². The van der Waals surface area contributed by atoms with Gasteiger partial charge in [0.25, 0.3) is 0 Å². The lowest BCUT2D eigenvalue weighted by Crippen LogP contribution is -2.26. The SMILES string of the molecule is CN(Cc1cnn(-c2ccccc2)c1)S(=O)(=O)c1ccc(Cl)c(Cl)c1. The molecule has 3 rings (SSSR count). The van der Waals surface area contributed by atoms with Crippen molar-refractivity contribution in [1.29, 1.82) is 0 Å². The maximum absolute atomic E-state index is 12.7. The Bertz CT molecular complexity index is 988. The minimum atomic E-state index is -3.68. The Kier molecular flexibility index (Phi) is 5.15. The molecule has 0 amide bonds. The first-order valence-electron chi connectivity index (χ1n) is 7.38. The van der Waals surface area contributed by atoms with E-state index < -0.39 is 10.0 Å². The van der Waals surface area contributed by atoms with Gasteiger partial charge in [-0.2, -0.15) is 9.40 Å². The molecule has 0 N–H and O–H groups in total. The summed E-state index contributed by atoms with van der Waals surface area (Å²) < 4.78 is 28.3. The number of sulfonamides is 1. The molecule has 0 saturated heterocycles. The van der Waals surface area contributed by atoms with E-state index in [0.29, 0.717) is 5.02 Å². The Morgan fingerprint density at radius 2 is 1.80 bits per heavy atom. The second-order valence-electron chi connectivity index (χ2n) is 5.47. The maximum atomic E-state index is 12.7. The molecule has 0 aliphatic rings.